The molecule has 2 aromatic rings. The number of aromatic nitrogens is 1. The number of allylic oxidation sites excluding steroid dienone is 1. The molecule has 1 aromatic carbocycles. The predicted octanol–water partition coefficient (Wildman–Crippen LogP) is 3.84. The summed E-state index contributed by atoms with van der Waals surface area (Å²) in [6.07, 6.45) is 3.34. The number of nitrogens with zero attached hydrogens (tertiary/aromatic N) is 3. The third-order valence-corrected chi connectivity index (χ3v) is 8.53. The van der Waals surface area contributed by atoms with Crippen molar-refractivity contribution in [3.63, 3.8) is 0 Å². The number of amidine groups is 1. The molecular formula is C26H32ClFN4O5S2. The smallest absolute Gasteiger partial charge is 0.338 e. The number of piperidine rings is 1. The van der Waals surface area contributed by atoms with Crippen LogP contribution in [0.3, 0.4) is 0 Å². The minimum Gasteiger partial charge on any atom is -0.466 e. The average molecular weight is 599 g/mol. The van der Waals surface area contributed by atoms with E-state index in [4.69, 9.17) is 35.9 Å². The largest absolute Gasteiger partial charge is 0.466 e. The molecule has 0 bridgehead atoms. The lowest BCUT2D eigenvalue weighted by atomic mass is 9.86. The summed E-state index contributed by atoms with van der Waals surface area (Å²) in [7, 11) is 1.34. The maximum absolute atomic E-state index is 13.9. The van der Waals surface area contributed by atoms with Gasteiger partial charge in [0.25, 0.3) is 0 Å². The number of aliphatic imine (C=N–C) groups is 1. The molecule has 13 heteroatoms. The van der Waals surface area contributed by atoms with E-state index < -0.39 is 17.8 Å². The molecule has 4 rings (SSSR count). The van der Waals surface area contributed by atoms with Gasteiger partial charge in [0.2, 0.25) is 0 Å². The van der Waals surface area contributed by atoms with Gasteiger partial charge in [-0.25, -0.2) is 14.2 Å². The van der Waals surface area contributed by atoms with Crippen molar-refractivity contribution < 1.29 is 28.5 Å². The van der Waals surface area contributed by atoms with Gasteiger partial charge in [0, 0.05) is 52.6 Å². The highest BCUT2D eigenvalue weighted by Gasteiger charge is 2.37. The lowest BCUT2D eigenvalue weighted by Gasteiger charge is -2.36. The van der Waals surface area contributed by atoms with Crippen LogP contribution in [0.5, 0.6) is 0 Å². The van der Waals surface area contributed by atoms with Crippen LogP contribution in [0.1, 0.15) is 29.5 Å². The molecule has 2 N–H and O–H groups in total. The van der Waals surface area contributed by atoms with Gasteiger partial charge in [0.05, 0.1) is 45.7 Å². The number of aliphatic hydroxyl groups excluding tert-OH is 1. The fourth-order valence-corrected chi connectivity index (χ4v) is 6.28. The second-order valence-corrected chi connectivity index (χ2v) is 11.3. The number of aliphatic hydroxyl groups is 1. The number of methoxy groups -OCH3 is 1. The molecule has 0 amide bonds. The van der Waals surface area contributed by atoms with Crippen LogP contribution < -0.4 is 5.32 Å². The first-order chi connectivity index (χ1) is 19.0. The van der Waals surface area contributed by atoms with Crippen molar-refractivity contribution in [3.05, 3.63) is 62.5 Å². The highest BCUT2D eigenvalue weighted by atomic mass is 35.5. The minimum absolute atomic E-state index is 0.0129. The number of halogens is 2. The monoisotopic (exact) mass is 598 g/mol. The quantitative estimate of drug-likeness (QED) is 0.202. The normalized spacial score (nSPS) is 18.7. The van der Waals surface area contributed by atoms with Crippen LogP contribution in [0, 0.1) is 11.7 Å². The van der Waals surface area contributed by atoms with Crippen molar-refractivity contribution in [3.8, 4) is 0 Å². The van der Waals surface area contributed by atoms with Crippen LogP contribution in [-0.2, 0) is 19.0 Å². The van der Waals surface area contributed by atoms with E-state index in [1.807, 2.05) is 5.38 Å². The first-order valence-corrected chi connectivity index (χ1v) is 14.9. The van der Waals surface area contributed by atoms with E-state index in [2.05, 4.69) is 14.6 Å². The number of thiazole rings is 1. The number of ether oxygens (including phenoxy) is 3. The molecule has 0 radical (unpaired) electrons. The Bertz CT molecular complexity index is 1160. The summed E-state index contributed by atoms with van der Waals surface area (Å²) in [6.45, 7) is 3.59. The molecule has 2 aliphatic rings. The zero-order valence-corrected chi connectivity index (χ0v) is 24.0. The summed E-state index contributed by atoms with van der Waals surface area (Å²) >= 11 is 9.63. The average Bonchev–Trinajstić information content (AvgIpc) is 3.49. The maximum atomic E-state index is 13.9. The van der Waals surface area contributed by atoms with Crippen molar-refractivity contribution in [1.82, 2.24) is 14.6 Å². The van der Waals surface area contributed by atoms with Crippen LogP contribution in [-0.4, -0.2) is 85.2 Å². The standard InChI is InChI=1S/C26H32ClFN4O5S2/c1-35-26(34)21-22(17-4-7-32(8-5-17)39-15-13-37-12-11-36-10-9-33)30-24(25-29-6-14-38-25)31-23(21)19-3-2-18(28)16-20(19)27/h2-3,6,14,16-17,23,33H,4-5,7-13,15H2,1H3,(H,30,31). The van der Waals surface area contributed by atoms with E-state index in [9.17, 15) is 9.18 Å². The molecular weight excluding hydrogens is 567 g/mol. The zero-order valence-electron chi connectivity index (χ0n) is 21.6. The SMILES string of the molecule is COC(=O)C1=C(C2CCN(SCCOCCOCCO)CC2)NC(c2nccs2)=NC1c1ccc(F)cc1Cl. The van der Waals surface area contributed by atoms with E-state index in [0.29, 0.717) is 48.4 Å². The molecule has 39 heavy (non-hydrogen) atoms. The minimum atomic E-state index is -0.758. The molecule has 0 spiro atoms. The van der Waals surface area contributed by atoms with Crippen molar-refractivity contribution >= 4 is 46.7 Å². The summed E-state index contributed by atoms with van der Waals surface area (Å²) in [6, 6.07) is 3.36. The molecule has 1 fully saturated rings. The number of benzene rings is 1. The molecule has 1 aromatic heterocycles. The van der Waals surface area contributed by atoms with Crippen LogP contribution in [0.2, 0.25) is 5.02 Å². The molecule has 9 nitrogen and oxygen atoms in total. The Morgan fingerprint density at radius 3 is 2.69 bits per heavy atom. The van der Waals surface area contributed by atoms with Crippen molar-refractivity contribution in [2.75, 3.05) is 59.0 Å². The number of nitrogens with one attached hydrogen (secondary N) is 1. The van der Waals surface area contributed by atoms with Gasteiger partial charge >= 0.3 is 5.97 Å². The summed E-state index contributed by atoms with van der Waals surface area (Å²) < 4.78 is 32.1. The highest BCUT2D eigenvalue weighted by molar-refractivity contribution is 7.97. The number of carbonyl (C=O) groups excluding carboxylic acids is 1. The summed E-state index contributed by atoms with van der Waals surface area (Å²) in [5.74, 6) is 0.473. The summed E-state index contributed by atoms with van der Waals surface area (Å²) in [5, 5.41) is 14.9. The maximum Gasteiger partial charge on any atom is 0.338 e. The van der Waals surface area contributed by atoms with Gasteiger partial charge < -0.3 is 24.6 Å². The van der Waals surface area contributed by atoms with Crippen LogP contribution in [0.25, 0.3) is 0 Å². The number of carbonyl (C=O) groups is 1. The molecule has 0 aliphatic carbocycles. The first-order valence-electron chi connectivity index (χ1n) is 12.7. The molecule has 2 aliphatic heterocycles. The summed E-state index contributed by atoms with van der Waals surface area (Å²) in [5.41, 5.74) is 1.67. The Morgan fingerprint density at radius 1 is 1.26 bits per heavy atom. The number of esters is 1. The molecule has 3 heterocycles. The van der Waals surface area contributed by atoms with Crippen LogP contribution >= 0.6 is 34.9 Å². The van der Waals surface area contributed by atoms with E-state index >= 15 is 0 Å². The third-order valence-electron chi connectivity index (χ3n) is 6.34. The fraction of sp³-hybridized carbons (Fsp3) is 0.500. The lowest BCUT2D eigenvalue weighted by molar-refractivity contribution is -0.136. The number of hydrogen-bond donors (Lipinski definition) is 2. The lowest BCUT2D eigenvalue weighted by Crippen LogP contribution is -2.40. The van der Waals surface area contributed by atoms with Gasteiger partial charge in [-0.15, -0.1) is 11.3 Å². The number of hydrogen-bond acceptors (Lipinski definition) is 11. The third kappa shape index (κ3) is 8.00. The fourth-order valence-electron chi connectivity index (χ4n) is 4.50. The van der Waals surface area contributed by atoms with Gasteiger partial charge in [-0.3, -0.25) is 9.30 Å². The summed E-state index contributed by atoms with van der Waals surface area (Å²) in [4.78, 5) is 22.4. The van der Waals surface area contributed by atoms with Gasteiger partial charge in [0.15, 0.2) is 10.8 Å². The Kier molecular flexibility index (Phi) is 11.6. The van der Waals surface area contributed by atoms with E-state index in [1.54, 1.807) is 24.2 Å². The topological polar surface area (TPSA) is 106 Å². The van der Waals surface area contributed by atoms with E-state index in [-0.39, 0.29) is 17.5 Å². The van der Waals surface area contributed by atoms with E-state index in [0.717, 1.165) is 37.4 Å². The Hall–Kier alpha value is -2.06. The van der Waals surface area contributed by atoms with Crippen LogP contribution in [0.4, 0.5) is 4.39 Å². The molecule has 1 saturated heterocycles. The zero-order chi connectivity index (χ0) is 27.6. The predicted molar refractivity (Wildman–Crippen MR) is 150 cm³/mol. The second kappa shape index (κ2) is 15.1. The van der Waals surface area contributed by atoms with Gasteiger partial charge in [0.1, 0.15) is 11.9 Å². The Morgan fingerprint density at radius 2 is 2.03 bits per heavy atom. The van der Waals surface area contributed by atoms with Crippen molar-refractivity contribution in [2.45, 2.75) is 18.9 Å². The van der Waals surface area contributed by atoms with Gasteiger partial charge in [-0.05, 0) is 25.0 Å². The molecule has 1 atom stereocenters. The van der Waals surface area contributed by atoms with Crippen LogP contribution in [0.15, 0.2) is 46.0 Å². The molecule has 1 unspecified atom stereocenters. The Balaban J connectivity index is 1.48. The molecule has 212 valence electrons. The van der Waals surface area contributed by atoms with Crippen molar-refractivity contribution in [2.24, 2.45) is 10.9 Å². The number of rotatable bonds is 13. The molecule has 0 saturated carbocycles. The van der Waals surface area contributed by atoms with Gasteiger partial charge in [-0.2, -0.15) is 0 Å². The van der Waals surface area contributed by atoms with E-state index in [1.165, 1.54) is 30.6 Å². The second-order valence-electron chi connectivity index (χ2n) is 8.81. The van der Waals surface area contributed by atoms with Crippen molar-refractivity contribution in [1.29, 1.82) is 0 Å². The first kappa shape index (κ1) is 29.9. The Labute approximate surface area is 240 Å². The highest BCUT2D eigenvalue weighted by Crippen LogP contribution is 2.40. The van der Waals surface area contributed by atoms with Gasteiger partial charge in [-0.1, -0.05) is 29.6 Å².